The minimum Gasteiger partial charge on any atom is -0.800 e. The predicted molar refractivity (Wildman–Crippen MR) is 190 cm³/mol. The Bertz CT molecular complexity index is 373. The van der Waals surface area contributed by atoms with E-state index in [0.29, 0.717) is 13.2 Å². The van der Waals surface area contributed by atoms with Gasteiger partial charge in [-0.05, 0) is 37.2 Å². The van der Waals surface area contributed by atoms with Gasteiger partial charge in [0, 0.05) is 15.2 Å². The summed E-state index contributed by atoms with van der Waals surface area (Å²) in [7, 11) is -2.94. The van der Waals surface area contributed by atoms with Gasteiger partial charge in [0.1, 0.15) is 0 Å². The monoisotopic (exact) mass is 780 g/mol. The molecule has 41 heavy (non-hydrogen) atoms. The van der Waals surface area contributed by atoms with E-state index in [4.69, 9.17) is 9.05 Å². The fourth-order valence-electron chi connectivity index (χ4n) is 4.16. The van der Waals surface area contributed by atoms with Crippen molar-refractivity contribution in [1.82, 2.24) is 0 Å². The van der Waals surface area contributed by atoms with Gasteiger partial charge in [-0.15, -0.1) is 22.8 Å². The third kappa shape index (κ3) is 47.5. The summed E-state index contributed by atoms with van der Waals surface area (Å²) in [4.78, 5) is 23.2. The first kappa shape index (κ1) is 48.4. The van der Waals surface area contributed by atoms with Gasteiger partial charge in [-0.3, -0.25) is 0 Å². The van der Waals surface area contributed by atoms with Gasteiger partial charge in [-0.1, -0.05) is 156 Å². The van der Waals surface area contributed by atoms with Gasteiger partial charge < -0.3 is 18.8 Å². The van der Waals surface area contributed by atoms with Crippen LogP contribution in [0.1, 0.15) is 182 Å². The van der Waals surface area contributed by atoms with Crippen LogP contribution in [0.5, 0.6) is 0 Å². The summed E-state index contributed by atoms with van der Waals surface area (Å²) in [6, 6.07) is 0. The molecule has 0 bridgehead atoms. The maximum absolute atomic E-state index is 11.6. The number of hydrogen-bond acceptors (Lipinski definition) is 6. The van der Waals surface area contributed by atoms with E-state index in [0.717, 1.165) is 24.3 Å². The Morgan fingerprint density at radius 1 is 0.390 bits per heavy atom. The first-order valence-electron chi connectivity index (χ1n) is 17.1. The standard InChI is InChI=1S/2C16H34O2PS.Ba/c2*1-3-5-7-9-11-13-15-18-19(17)20-16-14-12-10-8-6-4-2;/h2*3-16H2,1-2H3;/q2*-1;+2. The van der Waals surface area contributed by atoms with Gasteiger partial charge in [-0.2, -0.15) is 0 Å². The van der Waals surface area contributed by atoms with Crippen molar-refractivity contribution in [3.8, 4) is 0 Å². The Morgan fingerprint density at radius 3 is 0.927 bits per heavy atom. The molecule has 0 aromatic heterocycles. The van der Waals surface area contributed by atoms with Crippen molar-refractivity contribution in [1.29, 1.82) is 0 Å². The molecule has 0 aliphatic heterocycles. The molecule has 9 heteroatoms. The minimum absolute atomic E-state index is 0. The van der Waals surface area contributed by atoms with Crippen LogP contribution < -0.4 is 9.79 Å². The Morgan fingerprint density at radius 2 is 0.634 bits per heavy atom. The molecule has 0 aromatic carbocycles. The van der Waals surface area contributed by atoms with Gasteiger partial charge >= 0.3 is 48.9 Å². The molecule has 0 radical (unpaired) electrons. The van der Waals surface area contributed by atoms with E-state index in [1.807, 2.05) is 0 Å². The van der Waals surface area contributed by atoms with Crippen LogP contribution in [0, 0.1) is 0 Å². The summed E-state index contributed by atoms with van der Waals surface area (Å²) >= 11 is 3.00. The first-order valence-corrected chi connectivity index (χ1v) is 22.6. The number of hydrogen-bond donors (Lipinski definition) is 0. The Labute approximate surface area is 309 Å². The maximum Gasteiger partial charge on any atom is 2.00 e. The van der Waals surface area contributed by atoms with E-state index in [-0.39, 0.29) is 48.9 Å². The van der Waals surface area contributed by atoms with Crippen LogP contribution in [0.15, 0.2) is 0 Å². The molecule has 0 saturated carbocycles. The van der Waals surface area contributed by atoms with Crippen molar-refractivity contribution >= 4 is 86.8 Å². The van der Waals surface area contributed by atoms with Gasteiger partial charge in [-0.25, -0.2) is 0 Å². The Hall–Kier alpha value is 2.97. The SMILES string of the molecule is CCCCCCCCOP([O-])SCCCCCCCC.CCCCCCCCOP([O-])SCCCCCCCC.[Ba+2]. The summed E-state index contributed by atoms with van der Waals surface area (Å²) in [5.41, 5.74) is 0. The average molecular weight is 780 g/mol. The van der Waals surface area contributed by atoms with Crippen LogP contribution in [-0.2, 0) is 9.05 Å². The second-order valence-corrected chi connectivity index (χ2v) is 16.9. The zero-order valence-corrected chi connectivity index (χ0v) is 35.7. The van der Waals surface area contributed by atoms with Gasteiger partial charge in [0.25, 0.3) is 0 Å². The van der Waals surface area contributed by atoms with Crippen LogP contribution in [-0.4, -0.2) is 73.6 Å². The van der Waals surface area contributed by atoms with E-state index in [1.54, 1.807) is 0 Å². The van der Waals surface area contributed by atoms with E-state index < -0.39 is 15.2 Å². The Balaban J connectivity index is -0.000000688. The maximum atomic E-state index is 11.6. The second-order valence-electron chi connectivity index (χ2n) is 10.9. The van der Waals surface area contributed by atoms with Crippen LogP contribution in [0.2, 0.25) is 0 Å². The number of unbranched alkanes of at least 4 members (excludes halogenated alkanes) is 20. The van der Waals surface area contributed by atoms with Crippen LogP contribution in [0.25, 0.3) is 0 Å². The molecule has 0 aliphatic carbocycles. The van der Waals surface area contributed by atoms with Gasteiger partial charge in [0.2, 0.25) is 0 Å². The molecule has 0 N–H and O–H groups in total. The quantitative estimate of drug-likeness (QED) is 0.0385. The molecule has 0 saturated heterocycles. The number of rotatable bonds is 32. The predicted octanol–water partition coefficient (Wildman–Crippen LogP) is 11.7. The molecule has 0 heterocycles. The van der Waals surface area contributed by atoms with Crippen LogP contribution in [0.4, 0.5) is 0 Å². The largest absolute Gasteiger partial charge is 2.00 e. The summed E-state index contributed by atoms with van der Waals surface area (Å²) in [6.45, 7) is 10.3. The summed E-state index contributed by atoms with van der Waals surface area (Å²) in [5.74, 6) is 1.97. The van der Waals surface area contributed by atoms with Crippen LogP contribution >= 0.6 is 37.9 Å². The molecule has 0 fully saturated rings. The molecule has 2 atom stereocenters. The van der Waals surface area contributed by atoms with E-state index in [9.17, 15) is 9.79 Å². The van der Waals surface area contributed by atoms with Crippen molar-refractivity contribution in [3.63, 3.8) is 0 Å². The van der Waals surface area contributed by atoms with E-state index in [2.05, 4.69) is 27.7 Å². The van der Waals surface area contributed by atoms with Crippen LogP contribution in [0.3, 0.4) is 0 Å². The van der Waals surface area contributed by atoms with Crippen molar-refractivity contribution < 1.29 is 18.8 Å². The Kier molecular flexibility index (Phi) is 53.2. The molecular formula is C32H68BaO4P2S2. The first-order chi connectivity index (χ1) is 19.6. The molecule has 0 aliphatic rings. The van der Waals surface area contributed by atoms with Gasteiger partial charge in [0.15, 0.2) is 0 Å². The topological polar surface area (TPSA) is 64.6 Å². The van der Waals surface area contributed by atoms with Crippen molar-refractivity contribution in [2.45, 2.75) is 182 Å². The smallest absolute Gasteiger partial charge is 0.800 e. The summed E-state index contributed by atoms with van der Waals surface area (Å²) < 4.78 is 10.7. The fraction of sp³-hybridized carbons (Fsp3) is 1.00. The average Bonchev–Trinajstić information content (AvgIpc) is 2.95. The molecule has 2 unspecified atom stereocenters. The molecule has 0 aromatic rings. The fourth-order valence-corrected chi connectivity index (χ4v) is 8.39. The van der Waals surface area contributed by atoms with Crippen molar-refractivity contribution in [2.24, 2.45) is 0 Å². The minimum atomic E-state index is -1.47. The van der Waals surface area contributed by atoms with E-state index >= 15 is 0 Å². The zero-order chi connectivity index (χ0) is 29.8. The summed E-state index contributed by atoms with van der Waals surface area (Å²) in [6.07, 6.45) is 30.6. The van der Waals surface area contributed by atoms with E-state index in [1.165, 1.54) is 164 Å². The summed E-state index contributed by atoms with van der Waals surface area (Å²) in [5, 5.41) is 0. The molecule has 0 amide bonds. The van der Waals surface area contributed by atoms with Crippen molar-refractivity contribution in [2.75, 3.05) is 24.7 Å². The third-order valence-electron chi connectivity index (χ3n) is 6.78. The molecule has 0 rings (SSSR count). The molecule has 244 valence electrons. The third-order valence-corrected chi connectivity index (χ3v) is 11.9. The molecule has 0 spiro atoms. The zero-order valence-electron chi connectivity index (χ0n) is 27.9. The molecular weight excluding hydrogens is 712 g/mol. The second kappa shape index (κ2) is 45.1. The van der Waals surface area contributed by atoms with Gasteiger partial charge in [0.05, 0.1) is 13.2 Å². The van der Waals surface area contributed by atoms with Crippen molar-refractivity contribution in [3.05, 3.63) is 0 Å². The normalized spacial score (nSPS) is 12.4. The molecule has 4 nitrogen and oxygen atoms in total.